The molecular weight excluding hydrogens is 819 g/mol. The summed E-state index contributed by atoms with van der Waals surface area (Å²) in [6.45, 7) is 19.1. The zero-order valence-corrected chi connectivity index (χ0v) is 37.3. The van der Waals surface area contributed by atoms with Crippen LogP contribution in [0.2, 0.25) is 0 Å². The van der Waals surface area contributed by atoms with Gasteiger partial charge in [0.2, 0.25) is 0 Å². The molecule has 1 aliphatic rings. The summed E-state index contributed by atoms with van der Waals surface area (Å²) in [7, 11) is -11.2. The molecule has 1 heterocycles. The molecule has 6 N–H and O–H groups in total. The molecule has 0 aliphatic carbocycles. The fourth-order valence-electron chi connectivity index (χ4n) is 3.06. The van der Waals surface area contributed by atoms with Gasteiger partial charge in [-0.3, -0.25) is 23.4 Å². The van der Waals surface area contributed by atoms with Gasteiger partial charge in [0.15, 0.2) is 0 Å². The predicted octanol–water partition coefficient (Wildman–Crippen LogP) is 6.44. The van der Waals surface area contributed by atoms with Gasteiger partial charge in [0, 0.05) is 57.4 Å². The van der Waals surface area contributed by atoms with Crippen molar-refractivity contribution in [3.63, 3.8) is 0 Å². The molecule has 0 aromatic heterocycles. The van der Waals surface area contributed by atoms with Crippen LogP contribution in [0.3, 0.4) is 0 Å². The molecule has 1 aliphatic heterocycles. The highest BCUT2D eigenvalue weighted by molar-refractivity contribution is 7.86. The fraction of sp³-hybridized carbons (Fsp3) is 0.786. The Morgan fingerprint density at radius 1 is 0.860 bits per heavy atom. The molecule has 5 atom stereocenters. The Hall–Kier alpha value is 0.660. The number of aliphatic hydroxyl groups excluding tert-OH is 2. The van der Waals surface area contributed by atoms with Gasteiger partial charge in [-0.1, -0.05) is 18.2 Å². The summed E-state index contributed by atoms with van der Waals surface area (Å²) in [6.07, 6.45) is 0. The number of nitrogens with two attached hydrogens (primary N) is 1. The quantitative estimate of drug-likeness (QED) is 0.0557. The zero-order chi connectivity index (χ0) is 40.2. The van der Waals surface area contributed by atoms with Crippen LogP contribution in [0.15, 0.2) is 35.2 Å². The predicted molar refractivity (Wildman–Crippen MR) is 212 cm³/mol. The number of benzene rings is 1. The lowest BCUT2D eigenvalue weighted by Crippen LogP contribution is -2.28. The van der Waals surface area contributed by atoms with Gasteiger partial charge >= 0.3 is 7.75 Å². The van der Waals surface area contributed by atoms with Crippen molar-refractivity contribution in [3.05, 3.63) is 30.3 Å². The van der Waals surface area contributed by atoms with Gasteiger partial charge in [-0.25, -0.2) is 9.24 Å². The molecule has 0 spiro atoms. The molecule has 0 saturated carbocycles. The Bertz CT molecular complexity index is 1190. The second-order valence-electron chi connectivity index (χ2n) is 11.1. The van der Waals surface area contributed by atoms with Crippen molar-refractivity contribution in [1.29, 1.82) is 0 Å². The van der Waals surface area contributed by atoms with Crippen molar-refractivity contribution < 1.29 is 45.6 Å². The van der Waals surface area contributed by atoms with Crippen molar-refractivity contribution in [1.82, 2.24) is 14.8 Å². The molecular formula is C28H61Cl4N4O10P3S. The van der Waals surface area contributed by atoms with Crippen LogP contribution in [0.5, 0.6) is 0 Å². The summed E-state index contributed by atoms with van der Waals surface area (Å²) in [5, 5.41) is 22.5. The van der Waals surface area contributed by atoms with Crippen LogP contribution in [-0.2, 0) is 37.0 Å². The Labute approximate surface area is 321 Å². The Morgan fingerprint density at radius 3 is 1.48 bits per heavy atom. The maximum atomic E-state index is 11.9. The van der Waals surface area contributed by atoms with Crippen LogP contribution in [-0.4, -0.2) is 124 Å². The number of hydrogen-bond acceptors (Lipinski definition) is 11. The Kier molecular flexibility index (Phi) is 36.7. The topological polar surface area (TPSA) is 207 Å². The maximum Gasteiger partial charge on any atom is 0.408 e. The van der Waals surface area contributed by atoms with Gasteiger partial charge in [-0.05, 0) is 53.7 Å². The number of nitrogens with one attached hydrogen (secondary N) is 2. The Morgan fingerprint density at radius 2 is 1.22 bits per heavy atom. The molecule has 0 radical (unpaired) electrons. The monoisotopic (exact) mass is 878 g/mol. The maximum absolute atomic E-state index is 11.9. The highest BCUT2D eigenvalue weighted by Crippen LogP contribution is 2.58. The second kappa shape index (κ2) is 32.0. The molecule has 302 valence electrons. The molecule has 1 fully saturated rings. The smallest absolute Gasteiger partial charge is 0.395 e. The third-order valence-electron chi connectivity index (χ3n) is 4.86. The van der Waals surface area contributed by atoms with Gasteiger partial charge in [0.05, 0.1) is 48.6 Å². The zero-order valence-electron chi connectivity index (χ0n) is 30.8. The lowest BCUT2D eigenvalue weighted by Gasteiger charge is -2.17. The summed E-state index contributed by atoms with van der Waals surface area (Å²) in [5.41, 5.74) is 5.04. The van der Waals surface area contributed by atoms with Gasteiger partial charge in [-0.2, -0.15) is 8.42 Å². The number of rotatable bonds is 15. The number of aliphatic hydroxyl groups is 2. The first-order valence-electron chi connectivity index (χ1n) is 15.4. The van der Waals surface area contributed by atoms with Crippen LogP contribution in [0.4, 0.5) is 0 Å². The largest absolute Gasteiger partial charge is 0.408 e. The van der Waals surface area contributed by atoms with E-state index in [1.807, 2.05) is 20.8 Å². The van der Waals surface area contributed by atoms with Crippen LogP contribution < -0.4 is 15.9 Å². The van der Waals surface area contributed by atoms with Crippen LogP contribution in [0.25, 0.3) is 0 Å². The summed E-state index contributed by atoms with van der Waals surface area (Å²) < 4.78 is 74.8. The normalized spacial score (nSPS) is 17.1. The molecule has 1 unspecified atom stereocenters. The number of halogens is 4. The third-order valence-corrected chi connectivity index (χ3v) is 10.6. The number of nitrogens with zero attached hydrogens (tertiary/aromatic N) is 1. The van der Waals surface area contributed by atoms with E-state index in [9.17, 15) is 22.1 Å². The van der Waals surface area contributed by atoms with Crippen molar-refractivity contribution in [2.45, 2.75) is 70.6 Å². The third kappa shape index (κ3) is 37.0. The van der Waals surface area contributed by atoms with Gasteiger partial charge < -0.3 is 25.1 Å². The van der Waals surface area contributed by atoms with Crippen LogP contribution in [0, 0.1) is 0 Å². The van der Waals surface area contributed by atoms with Crippen LogP contribution >= 0.6 is 68.7 Å². The van der Waals surface area contributed by atoms with Gasteiger partial charge in [-0.15, -0.1) is 46.4 Å². The van der Waals surface area contributed by atoms with E-state index in [0.29, 0.717) is 19.3 Å². The Balaban J connectivity index is -0.000000287. The molecule has 1 aromatic carbocycles. The fourth-order valence-corrected chi connectivity index (χ4v) is 8.30. The molecule has 1 saturated heterocycles. The van der Waals surface area contributed by atoms with E-state index in [4.69, 9.17) is 75.6 Å². The highest BCUT2D eigenvalue weighted by atomic mass is 35.5. The van der Waals surface area contributed by atoms with Crippen molar-refractivity contribution >= 4 is 78.9 Å². The molecule has 50 heavy (non-hydrogen) atoms. The number of alkyl halides is 4. The van der Waals surface area contributed by atoms with E-state index in [-0.39, 0.29) is 53.5 Å². The molecule has 0 bridgehead atoms. The summed E-state index contributed by atoms with van der Waals surface area (Å²) in [5.74, 6) is 0. The standard InChI is InChI=1S/C11H18NO4PS.C7H16NO3P.C5H14NO2P.C3H9NO.2CH2Cl2/c1-10(12-17(2,3)13)9-16-18(14,15)11-7-5-4-6-8-11;1-4-10-12(9,11-5-2)8-6-7(8)3;1-5(4-7)6-9(2,3)8;1-3(4)2-5;2*2-1-3/h4-8,10H,9H2,1-3H3,(H,12,13);7H,4-6H2,1-3H3;5,7H,4H2,1-3H3,(H,6,8);3,5H,2,4H2,1H3;2*1H2/t10-;7-,8?;5-;3-;;/m1111../s1. The second-order valence-corrected chi connectivity index (χ2v) is 22.3. The first-order chi connectivity index (χ1) is 22.9. The van der Waals surface area contributed by atoms with Gasteiger partial charge in [0.25, 0.3) is 10.1 Å². The number of hydrogen-bond donors (Lipinski definition) is 5. The van der Waals surface area contributed by atoms with E-state index in [2.05, 4.69) is 10.2 Å². The van der Waals surface area contributed by atoms with E-state index >= 15 is 0 Å². The van der Waals surface area contributed by atoms with E-state index in [0.717, 1.165) is 6.54 Å². The highest BCUT2D eigenvalue weighted by Gasteiger charge is 2.46. The summed E-state index contributed by atoms with van der Waals surface area (Å²) >= 11 is 19.1. The first-order valence-corrected chi connectivity index (χ1v) is 25.6. The molecule has 1 aromatic rings. The van der Waals surface area contributed by atoms with Crippen LogP contribution in [0.1, 0.15) is 41.5 Å². The summed E-state index contributed by atoms with van der Waals surface area (Å²) in [4.78, 5) is 0.119. The SMILES string of the molecule is CCOP(=O)(OCC)N1C[C@H]1C.C[C@@H](N)CO.C[C@H](CO)NP(C)(C)=O.C[C@H](COS(=O)(=O)c1ccccc1)NP(C)(C)=O.ClCCl.ClCCl. The molecule has 22 heteroatoms. The minimum absolute atomic E-state index is 0.0334. The first kappa shape index (κ1) is 57.4. The minimum atomic E-state index is -3.74. The van der Waals surface area contributed by atoms with Crippen molar-refractivity contribution in [3.8, 4) is 0 Å². The molecule has 2 rings (SSSR count). The van der Waals surface area contributed by atoms with Crippen molar-refractivity contribution in [2.24, 2.45) is 5.73 Å². The van der Waals surface area contributed by atoms with E-state index in [1.54, 1.807) is 70.3 Å². The average molecular weight is 881 g/mol. The molecule has 14 nitrogen and oxygen atoms in total. The average Bonchev–Trinajstić information content (AvgIpc) is 3.74. The van der Waals surface area contributed by atoms with E-state index < -0.39 is 32.4 Å². The van der Waals surface area contributed by atoms with Crippen molar-refractivity contribution in [2.75, 3.05) is 76.9 Å². The summed E-state index contributed by atoms with van der Waals surface area (Å²) in [6, 6.07) is 7.84. The molecule has 0 amide bonds. The lowest BCUT2D eigenvalue weighted by molar-refractivity contribution is 0.195. The lowest BCUT2D eigenvalue weighted by atomic mass is 10.4. The van der Waals surface area contributed by atoms with E-state index in [1.165, 1.54) is 12.1 Å². The van der Waals surface area contributed by atoms with Gasteiger partial charge in [0.1, 0.15) is 14.6 Å². The minimum Gasteiger partial charge on any atom is -0.395 e.